The maximum absolute atomic E-state index is 13.2. The van der Waals surface area contributed by atoms with Gasteiger partial charge in [-0.05, 0) is 31.5 Å². The minimum absolute atomic E-state index is 0.0121. The highest BCUT2D eigenvalue weighted by Gasteiger charge is 2.33. The van der Waals surface area contributed by atoms with E-state index in [0.29, 0.717) is 0 Å². The van der Waals surface area contributed by atoms with Gasteiger partial charge in [-0.3, -0.25) is 14.4 Å². The minimum Gasteiger partial charge on any atom is -0.346 e. The molecule has 6 nitrogen and oxygen atoms in total. The summed E-state index contributed by atoms with van der Waals surface area (Å²) in [6.07, 6.45) is -3.39. The Kier molecular flexibility index (Phi) is 6.89. The molecular formula is C19H19F4N3O3. The number of amides is 1. The molecule has 0 aliphatic rings. The SMILES string of the molecule is CC(NC(=O)C(C)c1ccnn(Cc2ccccc2C(F)(F)F)c1=O)C(=O)CF. The van der Waals surface area contributed by atoms with Crippen LogP contribution in [0.3, 0.4) is 0 Å². The Bertz CT molecular complexity index is 956. The molecule has 2 rings (SSSR count). The number of nitrogens with zero attached hydrogens (tertiary/aromatic N) is 2. The Labute approximate surface area is 163 Å². The lowest BCUT2D eigenvalue weighted by atomic mass is 10.0. The molecule has 0 aliphatic heterocycles. The molecule has 1 amide bonds. The predicted octanol–water partition coefficient (Wildman–Crippen LogP) is 2.46. The van der Waals surface area contributed by atoms with Gasteiger partial charge in [0.25, 0.3) is 5.56 Å². The van der Waals surface area contributed by atoms with Crippen LogP contribution < -0.4 is 10.9 Å². The highest BCUT2D eigenvalue weighted by molar-refractivity contribution is 5.91. The Morgan fingerprint density at radius 1 is 1.17 bits per heavy atom. The molecule has 0 bridgehead atoms. The summed E-state index contributed by atoms with van der Waals surface area (Å²) in [5.74, 6) is -2.53. The van der Waals surface area contributed by atoms with Gasteiger partial charge in [-0.25, -0.2) is 9.07 Å². The van der Waals surface area contributed by atoms with Crippen LogP contribution in [0.1, 0.15) is 36.5 Å². The maximum atomic E-state index is 13.2. The molecule has 1 aromatic heterocycles. The number of hydrogen-bond donors (Lipinski definition) is 1. The van der Waals surface area contributed by atoms with Gasteiger partial charge in [-0.15, -0.1) is 0 Å². The average Bonchev–Trinajstić information content (AvgIpc) is 2.67. The Morgan fingerprint density at radius 2 is 1.83 bits per heavy atom. The fourth-order valence-electron chi connectivity index (χ4n) is 2.68. The van der Waals surface area contributed by atoms with Crippen LogP contribution in [0.15, 0.2) is 41.3 Å². The summed E-state index contributed by atoms with van der Waals surface area (Å²) in [5, 5.41) is 6.11. The zero-order valence-electron chi connectivity index (χ0n) is 15.7. The number of benzene rings is 1. The molecule has 0 saturated heterocycles. The molecule has 0 aliphatic carbocycles. The molecule has 1 heterocycles. The minimum atomic E-state index is -4.59. The lowest BCUT2D eigenvalue weighted by molar-refractivity contribution is -0.138. The van der Waals surface area contributed by atoms with Gasteiger partial charge in [0.2, 0.25) is 5.91 Å². The summed E-state index contributed by atoms with van der Waals surface area (Å²) >= 11 is 0. The molecule has 2 atom stereocenters. The average molecular weight is 413 g/mol. The largest absolute Gasteiger partial charge is 0.416 e. The predicted molar refractivity (Wildman–Crippen MR) is 96.0 cm³/mol. The summed E-state index contributed by atoms with van der Waals surface area (Å²) in [4.78, 5) is 36.2. The van der Waals surface area contributed by atoms with E-state index < -0.39 is 54.2 Å². The van der Waals surface area contributed by atoms with Crippen LogP contribution in [0.4, 0.5) is 17.6 Å². The number of carbonyl (C=O) groups excluding carboxylic acids is 2. The van der Waals surface area contributed by atoms with E-state index in [4.69, 9.17) is 0 Å². The molecule has 2 unspecified atom stereocenters. The van der Waals surface area contributed by atoms with E-state index in [0.717, 1.165) is 10.7 Å². The number of ketones is 1. The van der Waals surface area contributed by atoms with Gasteiger partial charge in [0.15, 0.2) is 5.78 Å². The lowest BCUT2D eigenvalue weighted by Crippen LogP contribution is -2.42. The van der Waals surface area contributed by atoms with Crippen LogP contribution in [0.5, 0.6) is 0 Å². The van der Waals surface area contributed by atoms with Crippen molar-refractivity contribution in [3.8, 4) is 0 Å². The highest BCUT2D eigenvalue weighted by atomic mass is 19.4. The molecule has 0 radical (unpaired) electrons. The summed E-state index contributed by atoms with van der Waals surface area (Å²) in [6.45, 7) is 1.03. The normalized spacial score (nSPS) is 13.6. The number of Topliss-reactive ketones (excluding diaryl/α,β-unsaturated/α-hetero) is 1. The van der Waals surface area contributed by atoms with Gasteiger partial charge in [0, 0.05) is 11.8 Å². The molecule has 29 heavy (non-hydrogen) atoms. The summed E-state index contributed by atoms with van der Waals surface area (Å²) < 4.78 is 52.7. The topological polar surface area (TPSA) is 81.1 Å². The Morgan fingerprint density at radius 3 is 2.45 bits per heavy atom. The zero-order chi connectivity index (χ0) is 21.8. The van der Waals surface area contributed by atoms with Crippen molar-refractivity contribution in [1.29, 1.82) is 0 Å². The number of rotatable bonds is 7. The molecule has 0 spiro atoms. The molecule has 0 fully saturated rings. The van der Waals surface area contributed by atoms with Gasteiger partial charge in [-0.2, -0.15) is 18.3 Å². The van der Waals surface area contributed by atoms with Crippen LogP contribution >= 0.6 is 0 Å². The molecule has 0 saturated carbocycles. The van der Waals surface area contributed by atoms with E-state index in [1.54, 1.807) is 0 Å². The third kappa shape index (κ3) is 5.27. The first-order chi connectivity index (χ1) is 13.6. The van der Waals surface area contributed by atoms with Crippen molar-refractivity contribution in [2.24, 2.45) is 0 Å². The number of halogens is 4. The number of nitrogens with one attached hydrogen (secondary N) is 1. The van der Waals surface area contributed by atoms with E-state index in [2.05, 4.69) is 10.4 Å². The third-order valence-electron chi connectivity index (χ3n) is 4.42. The molecular weight excluding hydrogens is 394 g/mol. The van der Waals surface area contributed by atoms with Crippen molar-refractivity contribution in [2.75, 3.05) is 6.67 Å². The second-order valence-electron chi connectivity index (χ2n) is 6.46. The van der Waals surface area contributed by atoms with Gasteiger partial charge in [0.05, 0.1) is 24.1 Å². The first-order valence-corrected chi connectivity index (χ1v) is 8.66. The number of aromatic nitrogens is 2. The zero-order valence-corrected chi connectivity index (χ0v) is 15.7. The maximum Gasteiger partial charge on any atom is 0.416 e. The quantitative estimate of drug-likeness (QED) is 0.707. The number of carbonyl (C=O) groups is 2. The first kappa shape index (κ1) is 22.3. The van der Waals surface area contributed by atoms with Crippen molar-refractivity contribution in [3.63, 3.8) is 0 Å². The monoisotopic (exact) mass is 413 g/mol. The molecule has 1 N–H and O–H groups in total. The molecule has 2 aromatic rings. The number of hydrogen-bond acceptors (Lipinski definition) is 4. The second-order valence-corrected chi connectivity index (χ2v) is 6.46. The van der Waals surface area contributed by atoms with E-state index in [1.165, 1.54) is 44.3 Å². The van der Waals surface area contributed by atoms with E-state index in [1.807, 2.05) is 0 Å². The standard InChI is InChI=1S/C19H19F4N3O3/c1-11(17(28)25-12(2)16(27)9-20)14-7-8-24-26(18(14)29)10-13-5-3-4-6-15(13)19(21,22)23/h3-8,11-12H,9-10H2,1-2H3,(H,25,28). The summed E-state index contributed by atoms with van der Waals surface area (Å²) in [6, 6.07) is 5.01. The van der Waals surface area contributed by atoms with E-state index in [-0.39, 0.29) is 11.1 Å². The molecule has 1 aromatic carbocycles. The van der Waals surface area contributed by atoms with Gasteiger partial charge in [-0.1, -0.05) is 18.2 Å². The lowest BCUT2D eigenvalue weighted by Gasteiger charge is -2.17. The Balaban J connectivity index is 2.30. The first-order valence-electron chi connectivity index (χ1n) is 8.66. The number of alkyl halides is 4. The summed E-state index contributed by atoms with van der Waals surface area (Å²) in [7, 11) is 0. The van der Waals surface area contributed by atoms with Crippen LogP contribution in [-0.4, -0.2) is 34.2 Å². The van der Waals surface area contributed by atoms with Gasteiger partial charge >= 0.3 is 6.18 Å². The van der Waals surface area contributed by atoms with Crippen molar-refractivity contribution < 1.29 is 27.2 Å². The summed E-state index contributed by atoms with van der Waals surface area (Å²) in [5.41, 5.74) is -1.78. The third-order valence-corrected chi connectivity index (χ3v) is 4.42. The van der Waals surface area contributed by atoms with E-state index in [9.17, 15) is 31.9 Å². The fraction of sp³-hybridized carbons (Fsp3) is 0.368. The van der Waals surface area contributed by atoms with Crippen molar-refractivity contribution in [1.82, 2.24) is 15.1 Å². The van der Waals surface area contributed by atoms with Crippen LogP contribution in [0.2, 0.25) is 0 Å². The van der Waals surface area contributed by atoms with Crippen molar-refractivity contribution in [2.45, 2.75) is 38.5 Å². The second kappa shape index (κ2) is 8.97. The molecule has 156 valence electrons. The molecule has 10 heteroatoms. The fourth-order valence-corrected chi connectivity index (χ4v) is 2.68. The van der Waals surface area contributed by atoms with Crippen LogP contribution in [-0.2, 0) is 22.3 Å². The van der Waals surface area contributed by atoms with Crippen molar-refractivity contribution >= 4 is 11.7 Å². The van der Waals surface area contributed by atoms with Crippen molar-refractivity contribution in [3.05, 3.63) is 63.6 Å². The Hall–Kier alpha value is -3.04. The van der Waals surface area contributed by atoms with E-state index >= 15 is 0 Å². The van der Waals surface area contributed by atoms with Crippen LogP contribution in [0.25, 0.3) is 0 Å². The van der Waals surface area contributed by atoms with Crippen LogP contribution in [0, 0.1) is 0 Å². The smallest absolute Gasteiger partial charge is 0.346 e. The van der Waals surface area contributed by atoms with Gasteiger partial charge in [0.1, 0.15) is 6.67 Å². The van der Waals surface area contributed by atoms with Gasteiger partial charge < -0.3 is 5.32 Å². The highest BCUT2D eigenvalue weighted by Crippen LogP contribution is 2.32.